The Morgan fingerprint density at radius 1 is 1.32 bits per heavy atom. The summed E-state index contributed by atoms with van der Waals surface area (Å²) in [6.45, 7) is 2.08. The second-order valence-corrected chi connectivity index (χ2v) is 6.32. The summed E-state index contributed by atoms with van der Waals surface area (Å²) in [5, 5.41) is 15.3. The molecule has 0 spiro atoms. The highest BCUT2D eigenvalue weighted by atomic mass is 32.1. The number of carbonyl (C=O) groups excluding carboxylic acids is 1. The van der Waals surface area contributed by atoms with Gasteiger partial charge in [-0.25, -0.2) is 4.98 Å². The molecule has 0 aliphatic rings. The summed E-state index contributed by atoms with van der Waals surface area (Å²) in [5.41, 5.74) is 1.41. The van der Waals surface area contributed by atoms with E-state index in [2.05, 4.69) is 10.3 Å². The third kappa shape index (κ3) is 4.10. The van der Waals surface area contributed by atoms with Crippen molar-refractivity contribution in [1.29, 1.82) is 0 Å². The topological polar surface area (TPSA) is 98.3 Å². The molecule has 128 valence electrons. The highest BCUT2D eigenvalue weighted by molar-refractivity contribution is 7.13. The van der Waals surface area contributed by atoms with Crippen LogP contribution < -0.4 is 5.32 Å². The maximum absolute atomic E-state index is 12.1. The summed E-state index contributed by atoms with van der Waals surface area (Å²) < 4.78 is 5.61. The maximum atomic E-state index is 12.1. The third-order valence-electron chi connectivity index (χ3n) is 3.59. The number of nitro groups is 1. The standard InChI is InChI=1S/C17H15N3O4S/c1-11-14(19-17(24-11)15-3-2-8-25-15)9-16(21)18-10-12-4-6-13(7-5-12)20(22)23/h2-8H,9-10H2,1H3,(H,18,21). The van der Waals surface area contributed by atoms with Crippen molar-refractivity contribution in [3.05, 3.63) is 68.9 Å². The number of non-ortho nitro benzene ring substituents is 1. The van der Waals surface area contributed by atoms with Gasteiger partial charge in [0, 0.05) is 18.7 Å². The number of nitrogens with zero attached hydrogens (tertiary/aromatic N) is 2. The number of amides is 1. The third-order valence-corrected chi connectivity index (χ3v) is 4.45. The van der Waals surface area contributed by atoms with E-state index in [0.29, 0.717) is 23.9 Å². The van der Waals surface area contributed by atoms with Gasteiger partial charge in [-0.15, -0.1) is 11.3 Å². The van der Waals surface area contributed by atoms with Gasteiger partial charge in [-0.05, 0) is 23.9 Å². The van der Waals surface area contributed by atoms with Gasteiger partial charge in [0.2, 0.25) is 11.8 Å². The molecule has 0 unspecified atom stereocenters. The fourth-order valence-electron chi connectivity index (χ4n) is 2.25. The van der Waals surface area contributed by atoms with Gasteiger partial charge in [-0.3, -0.25) is 14.9 Å². The summed E-state index contributed by atoms with van der Waals surface area (Å²) in [7, 11) is 0. The first-order valence-corrected chi connectivity index (χ1v) is 8.41. The molecule has 1 N–H and O–H groups in total. The molecular weight excluding hydrogens is 342 g/mol. The van der Waals surface area contributed by atoms with Crippen LogP contribution in [-0.2, 0) is 17.8 Å². The minimum atomic E-state index is -0.457. The zero-order valence-corrected chi connectivity index (χ0v) is 14.2. The first kappa shape index (κ1) is 16.8. The van der Waals surface area contributed by atoms with E-state index < -0.39 is 4.92 Å². The molecule has 0 saturated heterocycles. The first-order chi connectivity index (χ1) is 12.0. The van der Waals surface area contributed by atoms with E-state index in [1.165, 1.54) is 23.5 Å². The molecule has 0 aliphatic carbocycles. The number of nitrogens with one attached hydrogen (secondary N) is 1. The Bertz CT molecular complexity index is 885. The zero-order chi connectivity index (χ0) is 17.8. The molecule has 0 aliphatic heterocycles. The Kier molecular flexibility index (Phi) is 4.90. The molecule has 7 nitrogen and oxygen atoms in total. The largest absolute Gasteiger partial charge is 0.440 e. The van der Waals surface area contributed by atoms with Crippen LogP contribution in [0.2, 0.25) is 0 Å². The molecule has 0 fully saturated rings. The van der Waals surface area contributed by atoms with E-state index in [1.54, 1.807) is 19.1 Å². The lowest BCUT2D eigenvalue weighted by atomic mass is 10.2. The van der Waals surface area contributed by atoms with Crippen LogP contribution in [0.25, 0.3) is 10.8 Å². The van der Waals surface area contributed by atoms with E-state index >= 15 is 0 Å². The molecule has 1 amide bonds. The number of nitro benzene ring substituents is 1. The average molecular weight is 357 g/mol. The van der Waals surface area contributed by atoms with Crippen LogP contribution in [0.5, 0.6) is 0 Å². The Morgan fingerprint density at radius 2 is 2.08 bits per heavy atom. The van der Waals surface area contributed by atoms with Crippen molar-refractivity contribution in [3.8, 4) is 10.8 Å². The van der Waals surface area contributed by atoms with Gasteiger partial charge in [-0.1, -0.05) is 18.2 Å². The molecule has 0 radical (unpaired) electrons. The number of oxazole rings is 1. The lowest BCUT2D eigenvalue weighted by Gasteiger charge is -2.04. The van der Waals surface area contributed by atoms with Gasteiger partial charge in [0.05, 0.1) is 21.9 Å². The average Bonchev–Trinajstić information content (AvgIpc) is 3.24. The molecule has 3 aromatic rings. The normalized spacial score (nSPS) is 10.6. The minimum Gasteiger partial charge on any atom is -0.440 e. The monoisotopic (exact) mass is 357 g/mol. The molecular formula is C17H15N3O4S. The number of carbonyl (C=O) groups is 1. The second-order valence-electron chi connectivity index (χ2n) is 5.38. The number of aromatic nitrogens is 1. The van der Waals surface area contributed by atoms with Gasteiger partial charge in [-0.2, -0.15) is 0 Å². The molecule has 1 aromatic carbocycles. The lowest BCUT2D eigenvalue weighted by Crippen LogP contribution is -2.24. The van der Waals surface area contributed by atoms with Gasteiger partial charge in [0.25, 0.3) is 5.69 Å². The van der Waals surface area contributed by atoms with Crippen LogP contribution in [0.1, 0.15) is 17.0 Å². The van der Waals surface area contributed by atoms with E-state index in [0.717, 1.165) is 10.4 Å². The fourth-order valence-corrected chi connectivity index (χ4v) is 2.90. The lowest BCUT2D eigenvalue weighted by molar-refractivity contribution is -0.384. The highest BCUT2D eigenvalue weighted by Gasteiger charge is 2.15. The quantitative estimate of drug-likeness (QED) is 0.538. The van der Waals surface area contributed by atoms with E-state index in [4.69, 9.17) is 4.42 Å². The number of hydrogen-bond donors (Lipinski definition) is 1. The predicted molar refractivity (Wildman–Crippen MR) is 93.2 cm³/mol. The molecule has 0 atom stereocenters. The van der Waals surface area contributed by atoms with Crippen molar-refractivity contribution in [2.45, 2.75) is 19.9 Å². The van der Waals surface area contributed by atoms with Crippen molar-refractivity contribution >= 4 is 22.9 Å². The summed E-state index contributed by atoms with van der Waals surface area (Å²) in [4.78, 5) is 27.6. The van der Waals surface area contributed by atoms with Crippen molar-refractivity contribution in [2.24, 2.45) is 0 Å². The molecule has 25 heavy (non-hydrogen) atoms. The molecule has 2 heterocycles. The van der Waals surface area contributed by atoms with Crippen molar-refractivity contribution in [3.63, 3.8) is 0 Å². The van der Waals surface area contributed by atoms with Crippen molar-refractivity contribution in [1.82, 2.24) is 10.3 Å². The molecule has 2 aromatic heterocycles. The number of thiophene rings is 1. The summed E-state index contributed by atoms with van der Waals surface area (Å²) in [6.07, 6.45) is 0.119. The van der Waals surface area contributed by atoms with Gasteiger partial charge in [0.1, 0.15) is 5.76 Å². The van der Waals surface area contributed by atoms with Crippen molar-refractivity contribution < 1.29 is 14.1 Å². The van der Waals surface area contributed by atoms with Gasteiger partial charge < -0.3 is 9.73 Å². The van der Waals surface area contributed by atoms with Crippen LogP contribution in [0.3, 0.4) is 0 Å². The van der Waals surface area contributed by atoms with E-state index in [1.807, 2.05) is 17.5 Å². The number of rotatable bonds is 6. The SMILES string of the molecule is Cc1oc(-c2cccs2)nc1CC(=O)NCc1ccc([N+](=O)[O-])cc1. The Morgan fingerprint density at radius 3 is 2.72 bits per heavy atom. The maximum Gasteiger partial charge on any atom is 0.269 e. The zero-order valence-electron chi connectivity index (χ0n) is 13.4. The van der Waals surface area contributed by atoms with Gasteiger partial charge in [0.15, 0.2) is 0 Å². The Labute approximate surface area is 147 Å². The summed E-state index contributed by atoms with van der Waals surface area (Å²) >= 11 is 1.52. The van der Waals surface area contributed by atoms with Crippen LogP contribution >= 0.6 is 11.3 Å². The summed E-state index contributed by atoms with van der Waals surface area (Å²) in [6, 6.07) is 9.89. The van der Waals surface area contributed by atoms with Crippen molar-refractivity contribution in [2.75, 3.05) is 0 Å². The predicted octanol–water partition coefficient (Wildman–Crippen LogP) is 3.48. The number of benzene rings is 1. The van der Waals surface area contributed by atoms with Crippen LogP contribution in [0, 0.1) is 17.0 Å². The molecule has 8 heteroatoms. The van der Waals surface area contributed by atoms with Crippen LogP contribution in [-0.4, -0.2) is 15.8 Å². The molecule has 0 bridgehead atoms. The highest BCUT2D eigenvalue weighted by Crippen LogP contribution is 2.26. The Hall–Kier alpha value is -3.00. The van der Waals surface area contributed by atoms with Gasteiger partial charge >= 0.3 is 0 Å². The van der Waals surface area contributed by atoms with E-state index in [9.17, 15) is 14.9 Å². The van der Waals surface area contributed by atoms with Crippen LogP contribution in [0.4, 0.5) is 5.69 Å². The first-order valence-electron chi connectivity index (χ1n) is 7.53. The number of hydrogen-bond acceptors (Lipinski definition) is 6. The Balaban J connectivity index is 1.58. The van der Waals surface area contributed by atoms with Crippen LogP contribution in [0.15, 0.2) is 46.2 Å². The number of aryl methyl sites for hydroxylation is 1. The smallest absolute Gasteiger partial charge is 0.269 e. The molecule has 0 saturated carbocycles. The second kappa shape index (κ2) is 7.27. The summed E-state index contributed by atoms with van der Waals surface area (Å²) in [5.74, 6) is 0.951. The van der Waals surface area contributed by atoms with E-state index in [-0.39, 0.29) is 18.0 Å². The fraction of sp³-hybridized carbons (Fsp3) is 0.176. The minimum absolute atomic E-state index is 0.0226. The molecule has 3 rings (SSSR count).